The summed E-state index contributed by atoms with van der Waals surface area (Å²) in [5.41, 5.74) is 10.6. The Morgan fingerprint density at radius 2 is 2.14 bits per heavy atom. The maximum atomic E-state index is 5.70. The molecule has 0 unspecified atom stereocenters. The zero-order chi connectivity index (χ0) is 15.5. The smallest absolute Gasteiger partial charge is 0.250 e. The summed E-state index contributed by atoms with van der Waals surface area (Å²) in [5.74, 6) is 0.422. The summed E-state index contributed by atoms with van der Waals surface area (Å²) in [4.78, 5) is 13.1. The summed E-state index contributed by atoms with van der Waals surface area (Å²) in [5, 5.41) is 4.08. The van der Waals surface area contributed by atoms with Gasteiger partial charge in [0.1, 0.15) is 6.21 Å². The molecule has 1 aromatic carbocycles. The number of hydrazone groups is 1. The first kappa shape index (κ1) is 14.2. The van der Waals surface area contributed by atoms with Gasteiger partial charge in [-0.2, -0.15) is 0 Å². The van der Waals surface area contributed by atoms with Crippen LogP contribution in [0.15, 0.2) is 40.6 Å². The summed E-state index contributed by atoms with van der Waals surface area (Å²) in [6.07, 6.45) is 5.20. The summed E-state index contributed by atoms with van der Waals surface area (Å²) < 4.78 is 1.69. The number of benzene rings is 1. The van der Waals surface area contributed by atoms with E-state index in [1.165, 1.54) is 0 Å². The van der Waals surface area contributed by atoms with Gasteiger partial charge in [0, 0.05) is 18.3 Å². The minimum atomic E-state index is 0.422. The van der Waals surface area contributed by atoms with E-state index in [9.17, 15) is 0 Å². The largest absolute Gasteiger partial charge is 0.326 e. The van der Waals surface area contributed by atoms with Crippen molar-refractivity contribution in [2.24, 2.45) is 15.8 Å². The third kappa shape index (κ3) is 2.96. The number of rotatable bonds is 3. The van der Waals surface area contributed by atoms with E-state index in [1.54, 1.807) is 17.1 Å². The van der Waals surface area contributed by atoms with E-state index in [0.29, 0.717) is 12.5 Å². The highest BCUT2D eigenvalue weighted by atomic mass is 15.4. The molecule has 2 heterocycles. The molecule has 0 radical (unpaired) electrons. The zero-order valence-corrected chi connectivity index (χ0v) is 12.6. The molecule has 0 atom stereocenters. The number of aromatic nitrogens is 2. The van der Waals surface area contributed by atoms with Crippen molar-refractivity contribution in [1.29, 1.82) is 0 Å². The Morgan fingerprint density at radius 3 is 2.82 bits per heavy atom. The van der Waals surface area contributed by atoms with Crippen LogP contribution in [0.25, 0.3) is 11.3 Å². The standard InChI is InChI=1S/C16H17N6/c1-11-7-12(3-4-13(11)8-17)15-5-6-18-16(21-15)20-14-9-19-22(2)10-14/h3-7,9-10H,8,17H2,1-2H3/q+1. The van der Waals surface area contributed by atoms with Gasteiger partial charge in [-0.1, -0.05) is 16.8 Å². The van der Waals surface area contributed by atoms with Crippen LogP contribution >= 0.6 is 0 Å². The van der Waals surface area contributed by atoms with Crippen LogP contribution in [0.4, 0.5) is 5.95 Å². The molecule has 1 aliphatic rings. The Bertz CT molecular complexity index is 804. The summed E-state index contributed by atoms with van der Waals surface area (Å²) in [6.45, 7) is 2.59. The van der Waals surface area contributed by atoms with Gasteiger partial charge in [-0.3, -0.25) is 0 Å². The predicted octanol–water partition coefficient (Wildman–Crippen LogP) is 1.70. The van der Waals surface area contributed by atoms with Crippen molar-refractivity contribution in [3.05, 3.63) is 41.6 Å². The summed E-state index contributed by atoms with van der Waals surface area (Å²) in [6, 6.07) is 8.01. The molecule has 6 nitrogen and oxygen atoms in total. The van der Waals surface area contributed by atoms with Gasteiger partial charge < -0.3 is 5.73 Å². The fourth-order valence-electron chi connectivity index (χ4n) is 2.23. The lowest BCUT2D eigenvalue weighted by Gasteiger charge is -2.06. The quantitative estimate of drug-likeness (QED) is 0.875. The van der Waals surface area contributed by atoms with E-state index < -0.39 is 0 Å². The van der Waals surface area contributed by atoms with Gasteiger partial charge in [-0.15, -0.1) is 0 Å². The Kier molecular flexibility index (Phi) is 3.84. The molecule has 2 aromatic rings. The molecule has 1 aromatic heterocycles. The highest BCUT2D eigenvalue weighted by Crippen LogP contribution is 2.21. The third-order valence-corrected chi connectivity index (χ3v) is 3.42. The van der Waals surface area contributed by atoms with E-state index in [-0.39, 0.29) is 0 Å². The van der Waals surface area contributed by atoms with Crippen LogP contribution < -0.4 is 5.73 Å². The molecule has 1 aliphatic heterocycles. The van der Waals surface area contributed by atoms with E-state index in [2.05, 4.69) is 26.1 Å². The van der Waals surface area contributed by atoms with E-state index in [1.807, 2.05) is 38.4 Å². The van der Waals surface area contributed by atoms with Crippen molar-refractivity contribution >= 4 is 24.1 Å². The average Bonchev–Trinajstić information content (AvgIpc) is 2.92. The Balaban J connectivity index is 1.95. The van der Waals surface area contributed by atoms with Gasteiger partial charge in [0.05, 0.1) is 5.69 Å². The van der Waals surface area contributed by atoms with Crippen molar-refractivity contribution < 1.29 is 4.68 Å². The molecule has 0 fully saturated rings. The lowest BCUT2D eigenvalue weighted by Crippen LogP contribution is -2.01. The Labute approximate surface area is 128 Å². The minimum absolute atomic E-state index is 0.422. The van der Waals surface area contributed by atoms with Crippen LogP contribution in [0.5, 0.6) is 0 Å². The molecular weight excluding hydrogens is 276 g/mol. The van der Waals surface area contributed by atoms with Crippen molar-refractivity contribution in [2.75, 3.05) is 7.05 Å². The molecule has 0 aliphatic carbocycles. The van der Waals surface area contributed by atoms with Crippen molar-refractivity contribution in [1.82, 2.24) is 9.97 Å². The first-order chi connectivity index (χ1) is 10.7. The molecule has 22 heavy (non-hydrogen) atoms. The van der Waals surface area contributed by atoms with Gasteiger partial charge in [0.25, 0.3) is 5.95 Å². The number of aliphatic imine (C=N–C) groups is 1. The number of nitrogens with two attached hydrogens (primary N) is 1. The van der Waals surface area contributed by atoms with Crippen molar-refractivity contribution in [3.8, 4) is 11.3 Å². The highest BCUT2D eigenvalue weighted by Gasteiger charge is 2.10. The number of hydrogen-bond acceptors (Lipinski definition) is 5. The fourth-order valence-corrected chi connectivity index (χ4v) is 2.23. The van der Waals surface area contributed by atoms with Gasteiger partial charge >= 0.3 is 0 Å². The molecule has 110 valence electrons. The second-order valence-corrected chi connectivity index (χ2v) is 5.07. The summed E-state index contributed by atoms with van der Waals surface area (Å²) >= 11 is 0. The highest BCUT2D eigenvalue weighted by molar-refractivity contribution is 6.56. The molecule has 0 spiro atoms. The van der Waals surface area contributed by atoms with Gasteiger partial charge in [-0.25, -0.2) is 15.0 Å². The van der Waals surface area contributed by atoms with Gasteiger partial charge in [0.15, 0.2) is 12.8 Å². The summed E-state index contributed by atoms with van der Waals surface area (Å²) in [7, 11) is 1.85. The predicted molar refractivity (Wildman–Crippen MR) is 87.9 cm³/mol. The van der Waals surface area contributed by atoms with Crippen molar-refractivity contribution in [3.63, 3.8) is 0 Å². The Hall–Kier alpha value is -2.73. The minimum Gasteiger partial charge on any atom is -0.326 e. The Morgan fingerprint density at radius 1 is 1.27 bits per heavy atom. The lowest BCUT2D eigenvalue weighted by molar-refractivity contribution is -0.493. The molecule has 0 bridgehead atoms. The van der Waals surface area contributed by atoms with Crippen LogP contribution in [-0.2, 0) is 6.54 Å². The van der Waals surface area contributed by atoms with E-state index in [0.717, 1.165) is 28.1 Å². The van der Waals surface area contributed by atoms with Crippen LogP contribution in [0.2, 0.25) is 0 Å². The number of hydrogen-bond donors (Lipinski definition) is 1. The molecule has 3 rings (SSSR count). The second-order valence-electron chi connectivity index (χ2n) is 5.07. The van der Waals surface area contributed by atoms with Gasteiger partial charge in [-0.05, 0) is 35.3 Å². The van der Waals surface area contributed by atoms with Crippen molar-refractivity contribution in [2.45, 2.75) is 13.5 Å². The molecular formula is C16H17N6+. The molecule has 0 saturated carbocycles. The van der Waals surface area contributed by atoms with E-state index >= 15 is 0 Å². The normalized spacial score (nSPS) is 15.4. The first-order valence-electron chi connectivity index (χ1n) is 6.99. The fraction of sp³-hybridized carbons (Fsp3) is 0.188. The van der Waals surface area contributed by atoms with Crippen LogP contribution in [0, 0.1) is 6.92 Å². The first-order valence-corrected chi connectivity index (χ1v) is 6.99. The van der Waals surface area contributed by atoms with Gasteiger partial charge in [0.2, 0.25) is 6.21 Å². The van der Waals surface area contributed by atoms with Crippen LogP contribution in [0.1, 0.15) is 11.1 Å². The lowest BCUT2D eigenvalue weighted by atomic mass is 10.0. The number of nitrogens with zero attached hydrogens (tertiary/aromatic N) is 5. The molecule has 6 heteroatoms. The van der Waals surface area contributed by atoms with E-state index in [4.69, 9.17) is 5.73 Å². The second kappa shape index (κ2) is 5.95. The zero-order valence-electron chi connectivity index (χ0n) is 12.6. The van der Waals surface area contributed by atoms with Crippen LogP contribution in [0.3, 0.4) is 0 Å². The maximum absolute atomic E-state index is 5.70. The third-order valence-electron chi connectivity index (χ3n) is 3.42. The monoisotopic (exact) mass is 293 g/mol. The topological polar surface area (TPSA) is 79.5 Å². The molecule has 2 N–H and O–H groups in total. The van der Waals surface area contributed by atoms with Crippen LogP contribution in [-0.4, -0.2) is 39.8 Å². The molecule has 0 saturated heterocycles. The average molecular weight is 293 g/mol. The maximum Gasteiger partial charge on any atom is 0.250 e. The number of aryl methyl sites for hydroxylation is 1. The molecule has 0 amide bonds. The SMILES string of the molecule is Cc1cc(-c2ccnc(N=C3C=N[N+](C)=C3)n2)ccc1CN.